The zero-order chi connectivity index (χ0) is 11.4. The summed E-state index contributed by atoms with van der Waals surface area (Å²) in [4.78, 5) is 1.19. The summed E-state index contributed by atoms with van der Waals surface area (Å²) in [5, 5.41) is 8.19. The number of aromatic nitrogens is 3. The van der Waals surface area contributed by atoms with Crippen molar-refractivity contribution in [3.63, 3.8) is 0 Å². The fourth-order valence-electron chi connectivity index (χ4n) is 1.45. The Morgan fingerprint density at radius 3 is 2.94 bits per heavy atom. The Morgan fingerprint density at radius 2 is 2.19 bits per heavy atom. The third-order valence-corrected chi connectivity index (χ3v) is 3.20. The summed E-state index contributed by atoms with van der Waals surface area (Å²) in [7, 11) is 0. The number of hydrogen-bond donors (Lipinski definition) is 0. The molecule has 0 fully saturated rings. The molecule has 3 nitrogen and oxygen atoms in total. The van der Waals surface area contributed by atoms with E-state index in [9.17, 15) is 0 Å². The smallest absolute Gasteiger partial charge is 0.0843 e. The molecule has 0 saturated carbocycles. The molecule has 0 aliphatic carbocycles. The van der Waals surface area contributed by atoms with Gasteiger partial charge in [-0.3, -0.25) is 0 Å². The third kappa shape index (κ3) is 2.39. The lowest BCUT2D eigenvalue weighted by Gasteiger charge is -2.05. The van der Waals surface area contributed by atoms with E-state index in [0.717, 1.165) is 17.8 Å². The maximum Gasteiger partial charge on any atom is 0.0843 e. The number of thioether (sulfide) groups is 1. The Labute approximate surface area is 104 Å². The van der Waals surface area contributed by atoms with E-state index in [0.29, 0.717) is 5.88 Å². The largest absolute Gasteiger partial charge is 0.219 e. The minimum absolute atomic E-state index is 0.572. The monoisotopic (exact) mass is 253 g/mol. The lowest BCUT2D eigenvalue weighted by atomic mass is 10.3. The number of aryl methyl sites for hydroxylation is 1. The summed E-state index contributed by atoms with van der Waals surface area (Å²) in [6.07, 6.45) is 4.73. The molecule has 5 heteroatoms. The van der Waals surface area contributed by atoms with Crippen LogP contribution in [0.5, 0.6) is 0 Å². The molecule has 0 aliphatic rings. The molecule has 0 unspecified atom stereocenters. The molecule has 1 heterocycles. The van der Waals surface area contributed by atoms with Crippen molar-refractivity contribution in [1.29, 1.82) is 0 Å². The summed E-state index contributed by atoms with van der Waals surface area (Å²) in [6, 6.07) is 8.12. The molecular formula is C11H12ClN3S. The van der Waals surface area contributed by atoms with Crippen LogP contribution in [0.15, 0.2) is 35.4 Å². The highest BCUT2D eigenvalue weighted by Gasteiger charge is 2.05. The van der Waals surface area contributed by atoms with E-state index in [1.165, 1.54) is 4.90 Å². The Balaban J connectivity index is 2.34. The summed E-state index contributed by atoms with van der Waals surface area (Å²) >= 11 is 7.37. The first-order valence-corrected chi connectivity index (χ1v) is 6.71. The Kier molecular flexibility index (Phi) is 3.85. The van der Waals surface area contributed by atoms with E-state index in [2.05, 4.69) is 22.6 Å². The van der Waals surface area contributed by atoms with Crippen LogP contribution in [-0.4, -0.2) is 27.1 Å². The molecular weight excluding hydrogens is 242 g/mol. The lowest BCUT2D eigenvalue weighted by molar-refractivity contribution is 0.787. The number of hydrogen-bond acceptors (Lipinski definition) is 3. The molecule has 16 heavy (non-hydrogen) atoms. The standard InChI is InChI=1S/C11H12ClN3S/c1-16-11-5-3-2-4-10(11)15-8-9(6-7-12)13-14-15/h2-5,8H,6-7H2,1H3. The molecule has 1 aromatic carbocycles. The van der Waals surface area contributed by atoms with Crippen LogP contribution >= 0.6 is 23.4 Å². The molecule has 0 aliphatic heterocycles. The average molecular weight is 254 g/mol. The normalized spacial score (nSPS) is 10.6. The number of para-hydroxylation sites is 1. The maximum absolute atomic E-state index is 5.67. The van der Waals surface area contributed by atoms with Crippen LogP contribution in [-0.2, 0) is 6.42 Å². The van der Waals surface area contributed by atoms with Gasteiger partial charge in [-0.25, -0.2) is 4.68 Å². The third-order valence-electron chi connectivity index (χ3n) is 2.22. The van der Waals surface area contributed by atoms with Crippen LogP contribution in [0.25, 0.3) is 5.69 Å². The van der Waals surface area contributed by atoms with Gasteiger partial charge in [-0.05, 0) is 18.4 Å². The van der Waals surface area contributed by atoms with E-state index in [1.807, 2.05) is 24.4 Å². The number of alkyl halides is 1. The second-order valence-corrected chi connectivity index (χ2v) is 4.49. The van der Waals surface area contributed by atoms with Crippen molar-refractivity contribution < 1.29 is 0 Å². The van der Waals surface area contributed by atoms with Crippen molar-refractivity contribution in [1.82, 2.24) is 15.0 Å². The maximum atomic E-state index is 5.67. The van der Waals surface area contributed by atoms with Crippen LogP contribution in [0.3, 0.4) is 0 Å². The fraction of sp³-hybridized carbons (Fsp3) is 0.273. The van der Waals surface area contributed by atoms with Gasteiger partial charge in [-0.15, -0.1) is 28.5 Å². The molecule has 0 radical (unpaired) electrons. The average Bonchev–Trinajstić information content (AvgIpc) is 2.78. The fourth-order valence-corrected chi connectivity index (χ4v) is 2.23. The molecule has 0 spiro atoms. The van der Waals surface area contributed by atoms with Crippen LogP contribution < -0.4 is 0 Å². The molecule has 0 atom stereocenters. The van der Waals surface area contributed by atoms with Gasteiger partial charge in [0.2, 0.25) is 0 Å². The van der Waals surface area contributed by atoms with Crippen molar-refractivity contribution in [2.45, 2.75) is 11.3 Å². The highest BCUT2D eigenvalue weighted by molar-refractivity contribution is 7.98. The Bertz CT molecular complexity index is 470. The Hall–Kier alpha value is -1.00. The predicted molar refractivity (Wildman–Crippen MR) is 67.6 cm³/mol. The van der Waals surface area contributed by atoms with E-state index < -0.39 is 0 Å². The zero-order valence-electron chi connectivity index (χ0n) is 8.93. The van der Waals surface area contributed by atoms with Gasteiger partial charge >= 0.3 is 0 Å². The lowest BCUT2D eigenvalue weighted by Crippen LogP contribution is -1.96. The topological polar surface area (TPSA) is 30.7 Å². The summed E-state index contributed by atoms with van der Waals surface area (Å²) in [5.41, 5.74) is 1.98. The van der Waals surface area contributed by atoms with Crippen molar-refractivity contribution >= 4 is 23.4 Å². The van der Waals surface area contributed by atoms with Crippen molar-refractivity contribution in [2.75, 3.05) is 12.1 Å². The van der Waals surface area contributed by atoms with E-state index >= 15 is 0 Å². The van der Waals surface area contributed by atoms with Gasteiger partial charge in [-0.1, -0.05) is 17.3 Å². The minimum atomic E-state index is 0.572. The quantitative estimate of drug-likeness (QED) is 0.620. The minimum Gasteiger partial charge on any atom is -0.219 e. The molecule has 2 aromatic rings. The number of rotatable bonds is 4. The van der Waals surface area contributed by atoms with Gasteiger partial charge in [0.15, 0.2) is 0 Å². The molecule has 0 N–H and O–H groups in total. The highest BCUT2D eigenvalue weighted by Crippen LogP contribution is 2.22. The summed E-state index contributed by atoms with van der Waals surface area (Å²) < 4.78 is 1.80. The second-order valence-electron chi connectivity index (χ2n) is 3.27. The highest BCUT2D eigenvalue weighted by atomic mass is 35.5. The van der Waals surface area contributed by atoms with Crippen LogP contribution in [0, 0.1) is 0 Å². The molecule has 0 saturated heterocycles. The predicted octanol–water partition coefficient (Wildman–Crippen LogP) is 2.77. The van der Waals surface area contributed by atoms with Gasteiger partial charge in [-0.2, -0.15) is 0 Å². The van der Waals surface area contributed by atoms with E-state index in [1.54, 1.807) is 16.4 Å². The van der Waals surface area contributed by atoms with Crippen molar-refractivity contribution in [3.05, 3.63) is 36.2 Å². The number of halogens is 1. The van der Waals surface area contributed by atoms with Gasteiger partial charge in [0.1, 0.15) is 0 Å². The second kappa shape index (κ2) is 5.37. The SMILES string of the molecule is CSc1ccccc1-n1cc(CCCl)nn1. The first kappa shape index (κ1) is 11.5. The van der Waals surface area contributed by atoms with E-state index in [4.69, 9.17) is 11.6 Å². The molecule has 84 valence electrons. The van der Waals surface area contributed by atoms with Gasteiger partial charge in [0.25, 0.3) is 0 Å². The first-order chi connectivity index (χ1) is 7.85. The molecule has 0 bridgehead atoms. The first-order valence-electron chi connectivity index (χ1n) is 4.95. The van der Waals surface area contributed by atoms with Crippen LogP contribution in [0.4, 0.5) is 0 Å². The van der Waals surface area contributed by atoms with Gasteiger partial charge in [0, 0.05) is 17.2 Å². The zero-order valence-corrected chi connectivity index (χ0v) is 10.5. The van der Waals surface area contributed by atoms with Gasteiger partial charge in [0.05, 0.1) is 17.6 Å². The summed E-state index contributed by atoms with van der Waals surface area (Å²) in [6.45, 7) is 0. The van der Waals surface area contributed by atoms with Crippen molar-refractivity contribution in [2.24, 2.45) is 0 Å². The Morgan fingerprint density at radius 1 is 1.38 bits per heavy atom. The van der Waals surface area contributed by atoms with Crippen LogP contribution in [0.2, 0.25) is 0 Å². The van der Waals surface area contributed by atoms with Gasteiger partial charge < -0.3 is 0 Å². The van der Waals surface area contributed by atoms with E-state index in [-0.39, 0.29) is 0 Å². The summed E-state index contributed by atoms with van der Waals surface area (Å²) in [5.74, 6) is 0.572. The molecule has 0 amide bonds. The molecule has 1 aromatic heterocycles. The number of benzene rings is 1. The number of nitrogens with zero attached hydrogens (tertiary/aromatic N) is 3. The molecule has 2 rings (SSSR count). The van der Waals surface area contributed by atoms with Crippen LogP contribution in [0.1, 0.15) is 5.69 Å². The van der Waals surface area contributed by atoms with Crippen molar-refractivity contribution in [3.8, 4) is 5.69 Å².